The van der Waals surface area contributed by atoms with Gasteiger partial charge in [-0.2, -0.15) is 0 Å². The highest BCUT2D eigenvalue weighted by Crippen LogP contribution is 2.28. The molecule has 8 heteroatoms. The Hall–Kier alpha value is -1.25. The predicted molar refractivity (Wildman–Crippen MR) is 79.5 cm³/mol. The molecule has 0 aromatic carbocycles. The number of nitrogens with one attached hydrogen (secondary N) is 1. The Kier molecular flexibility index (Phi) is 4.10. The minimum Gasteiger partial charge on any atom is -0.421 e. The van der Waals surface area contributed by atoms with Crippen molar-refractivity contribution < 1.29 is 12.8 Å². The molecule has 1 aliphatic carbocycles. The van der Waals surface area contributed by atoms with Gasteiger partial charge in [0.25, 0.3) is 0 Å². The Morgan fingerprint density at radius 2 is 2.05 bits per heavy atom. The van der Waals surface area contributed by atoms with Crippen molar-refractivity contribution in [2.45, 2.75) is 49.3 Å². The minimum absolute atomic E-state index is 0.0555. The molecule has 2 aromatic heterocycles. The third kappa shape index (κ3) is 3.33. The molecule has 0 aliphatic heterocycles. The first-order chi connectivity index (χ1) is 10.0. The highest BCUT2D eigenvalue weighted by atomic mass is 32.2. The first kappa shape index (κ1) is 14.7. The summed E-state index contributed by atoms with van der Waals surface area (Å²) in [5.41, 5.74) is 0.643. The Labute approximate surface area is 127 Å². The van der Waals surface area contributed by atoms with Crippen molar-refractivity contribution in [3.63, 3.8) is 0 Å². The molecule has 0 saturated heterocycles. The van der Waals surface area contributed by atoms with Gasteiger partial charge < -0.3 is 4.42 Å². The number of thiophene rings is 1. The third-order valence-corrected chi connectivity index (χ3v) is 6.50. The van der Waals surface area contributed by atoms with Crippen molar-refractivity contribution in [1.29, 1.82) is 0 Å². The van der Waals surface area contributed by atoms with E-state index in [1.54, 1.807) is 18.4 Å². The van der Waals surface area contributed by atoms with Gasteiger partial charge in [-0.25, -0.2) is 13.1 Å². The molecule has 2 aromatic rings. The van der Waals surface area contributed by atoms with Crippen molar-refractivity contribution in [1.82, 2.24) is 14.9 Å². The zero-order chi connectivity index (χ0) is 14.9. The van der Waals surface area contributed by atoms with Crippen LogP contribution in [0.3, 0.4) is 0 Å². The summed E-state index contributed by atoms with van der Waals surface area (Å²) in [6.07, 6.45) is 5.20. The van der Waals surface area contributed by atoms with E-state index in [1.807, 2.05) is 0 Å². The maximum atomic E-state index is 12.4. The van der Waals surface area contributed by atoms with Crippen LogP contribution in [-0.2, 0) is 10.0 Å². The van der Waals surface area contributed by atoms with E-state index in [-0.39, 0.29) is 6.04 Å². The number of sulfonamides is 1. The highest BCUT2D eigenvalue weighted by Gasteiger charge is 2.24. The van der Waals surface area contributed by atoms with Gasteiger partial charge in [0, 0.05) is 18.3 Å². The molecule has 6 nitrogen and oxygen atoms in total. The molecule has 1 fully saturated rings. The van der Waals surface area contributed by atoms with Crippen LogP contribution in [0.25, 0.3) is 11.5 Å². The molecule has 0 bridgehead atoms. The topological polar surface area (TPSA) is 85.1 Å². The van der Waals surface area contributed by atoms with E-state index < -0.39 is 10.0 Å². The Balaban J connectivity index is 1.78. The van der Waals surface area contributed by atoms with Crippen LogP contribution >= 0.6 is 11.3 Å². The fourth-order valence-corrected chi connectivity index (χ4v) is 4.96. The van der Waals surface area contributed by atoms with Gasteiger partial charge in [0.15, 0.2) is 0 Å². The second-order valence-corrected chi connectivity index (χ2v) is 8.09. The molecule has 0 atom stereocenters. The lowest BCUT2D eigenvalue weighted by Gasteiger charge is -2.22. The highest BCUT2D eigenvalue weighted by molar-refractivity contribution is 7.91. The summed E-state index contributed by atoms with van der Waals surface area (Å²) in [7, 11) is -3.46. The standard InChI is InChI=1S/C13H17N3O3S2/c1-9-14-15-13(19-9)10-7-12(20-8-10)21(17,18)16-11-5-3-2-4-6-11/h7-8,11,16H,2-6H2,1H3. The molecule has 114 valence electrons. The van der Waals surface area contributed by atoms with E-state index in [1.165, 1.54) is 17.8 Å². The van der Waals surface area contributed by atoms with E-state index in [0.717, 1.165) is 25.7 Å². The molecule has 0 unspecified atom stereocenters. The van der Waals surface area contributed by atoms with E-state index in [0.29, 0.717) is 21.6 Å². The first-order valence-corrected chi connectivity index (χ1v) is 9.32. The fraction of sp³-hybridized carbons (Fsp3) is 0.538. The molecule has 1 saturated carbocycles. The summed E-state index contributed by atoms with van der Waals surface area (Å²) in [6, 6.07) is 1.64. The minimum atomic E-state index is -3.46. The Morgan fingerprint density at radius 3 is 2.71 bits per heavy atom. The van der Waals surface area contributed by atoms with Crippen LogP contribution in [0.2, 0.25) is 0 Å². The van der Waals surface area contributed by atoms with Gasteiger partial charge in [0.1, 0.15) is 4.21 Å². The zero-order valence-electron chi connectivity index (χ0n) is 11.7. The average Bonchev–Trinajstić information content (AvgIpc) is 3.08. The summed E-state index contributed by atoms with van der Waals surface area (Å²) < 4.78 is 33.2. The van der Waals surface area contributed by atoms with Crippen LogP contribution in [0.5, 0.6) is 0 Å². The number of hydrogen-bond acceptors (Lipinski definition) is 6. The fourth-order valence-electron chi connectivity index (χ4n) is 2.48. The van der Waals surface area contributed by atoms with E-state index in [2.05, 4.69) is 14.9 Å². The number of nitrogens with zero attached hydrogens (tertiary/aromatic N) is 2. The van der Waals surface area contributed by atoms with Crippen molar-refractivity contribution in [2.24, 2.45) is 0 Å². The number of aromatic nitrogens is 2. The molecular weight excluding hydrogens is 310 g/mol. The van der Waals surface area contributed by atoms with E-state index in [4.69, 9.17) is 4.42 Å². The van der Waals surface area contributed by atoms with Crippen molar-refractivity contribution in [3.05, 3.63) is 17.3 Å². The number of hydrogen-bond donors (Lipinski definition) is 1. The van der Waals surface area contributed by atoms with Gasteiger partial charge in [-0.05, 0) is 18.9 Å². The van der Waals surface area contributed by atoms with Crippen molar-refractivity contribution in [2.75, 3.05) is 0 Å². The van der Waals surface area contributed by atoms with Gasteiger partial charge in [-0.1, -0.05) is 19.3 Å². The maximum absolute atomic E-state index is 12.4. The molecular formula is C13H17N3O3S2. The molecule has 3 rings (SSSR count). The summed E-state index contributed by atoms with van der Waals surface area (Å²) in [5.74, 6) is 0.809. The van der Waals surface area contributed by atoms with Crippen LogP contribution in [0.1, 0.15) is 38.0 Å². The van der Waals surface area contributed by atoms with Crippen LogP contribution in [-0.4, -0.2) is 24.7 Å². The molecule has 1 N–H and O–H groups in total. The zero-order valence-corrected chi connectivity index (χ0v) is 13.3. The molecule has 1 aliphatic rings. The van der Waals surface area contributed by atoms with Crippen LogP contribution in [0.15, 0.2) is 20.1 Å². The summed E-state index contributed by atoms with van der Waals surface area (Å²) in [6.45, 7) is 1.70. The van der Waals surface area contributed by atoms with Gasteiger partial charge in [-0.3, -0.25) is 0 Å². The first-order valence-electron chi connectivity index (χ1n) is 6.96. The lowest BCUT2D eigenvalue weighted by molar-refractivity contribution is 0.412. The lowest BCUT2D eigenvalue weighted by Crippen LogP contribution is -2.35. The van der Waals surface area contributed by atoms with Crippen LogP contribution in [0, 0.1) is 6.92 Å². The van der Waals surface area contributed by atoms with Crippen LogP contribution in [0.4, 0.5) is 0 Å². The van der Waals surface area contributed by atoms with Gasteiger partial charge in [0.05, 0.1) is 5.56 Å². The summed E-state index contributed by atoms with van der Waals surface area (Å²) >= 11 is 1.17. The van der Waals surface area contributed by atoms with Crippen molar-refractivity contribution >= 4 is 21.4 Å². The van der Waals surface area contributed by atoms with Crippen LogP contribution < -0.4 is 4.72 Å². The second kappa shape index (κ2) is 5.86. The van der Waals surface area contributed by atoms with Gasteiger partial charge in [0.2, 0.25) is 21.8 Å². The van der Waals surface area contributed by atoms with Crippen molar-refractivity contribution in [3.8, 4) is 11.5 Å². The van der Waals surface area contributed by atoms with Gasteiger partial charge in [-0.15, -0.1) is 21.5 Å². The Morgan fingerprint density at radius 1 is 1.29 bits per heavy atom. The monoisotopic (exact) mass is 327 g/mol. The molecule has 0 spiro atoms. The smallest absolute Gasteiger partial charge is 0.250 e. The molecule has 0 amide bonds. The molecule has 21 heavy (non-hydrogen) atoms. The SMILES string of the molecule is Cc1nnc(-c2csc(S(=O)(=O)NC3CCCCC3)c2)o1. The quantitative estimate of drug-likeness (QED) is 0.933. The largest absolute Gasteiger partial charge is 0.421 e. The lowest BCUT2D eigenvalue weighted by atomic mass is 9.96. The Bertz CT molecular complexity index is 715. The maximum Gasteiger partial charge on any atom is 0.250 e. The van der Waals surface area contributed by atoms with E-state index >= 15 is 0 Å². The number of rotatable bonds is 4. The summed E-state index contributed by atoms with van der Waals surface area (Å²) in [4.78, 5) is 0. The van der Waals surface area contributed by atoms with E-state index in [9.17, 15) is 8.42 Å². The number of aryl methyl sites for hydroxylation is 1. The second-order valence-electron chi connectivity index (χ2n) is 5.24. The predicted octanol–water partition coefficient (Wildman–Crippen LogP) is 2.72. The molecule has 0 radical (unpaired) electrons. The average molecular weight is 327 g/mol. The van der Waals surface area contributed by atoms with Gasteiger partial charge >= 0.3 is 0 Å². The normalized spacial score (nSPS) is 17.2. The third-order valence-electron chi connectivity index (χ3n) is 3.54. The summed E-state index contributed by atoms with van der Waals surface area (Å²) in [5, 5.41) is 9.38. The molecule has 2 heterocycles.